The highest BCUT2D eigenvalue weighted by molar-refractivity contribution is 5.77. The number of urea groups is 1. The molecule has 0 aromatic carbocycles. The van der Waals surface area contributed by atoms with Gasteiger partial charge in [-0.15, -0.1) is 0 Å². The van der Waals surface area contributed by atoms with Crippen LogP contribution in [0.1, 0.15) is 38.5 Å². The van der Waals surface area contributed by atoms with Crippen LogP contribution in [0, 0.1) is 11.8 Å². The summed E-state index contributed by atoms with van der Waals surface area (Å²) in [4.78, 5) is 26.6. The molecule has 2 N–H and O–H groups in total. The minimum absolute atomic E-state index is 0.207. The normalized spacial score (nSPS) is 26.6. The molecule has 1 aliphatic carbocycles. The molecule has 2 rings (SSSR count). The summed E-state index contributed by atoms with van der Waals surface area (Å²) < 4.78 is 39.2. The first-order chi connectivity index (χ1) is 12.1. The predicted octanol–water partition coefficient (Wildman–Crippen LogP) is 2.55. The molecule has 1 heterocycles. The summed E-state index contributed by atoms with van der Waals surface area (Å²) in [7, 11) is 3.90. The van der Waals surface area contributed by atoms with Crippen molar-refractivity contribution >= 4 is 12.0 Å². The average Bonchev–Trinajstić information content (AvgIpc) is 2.87. The number of halogens is 3. The first kappa shape index (κ1) is 20.8. The van der Waals surface area contributed by atoms with Crippen LogP contribution in [-0.2, 0) is 4.79 Å². The zero-order valence-electron chi connectivity index (χ0n) is 15.3. The second kappa shape index (κ2) is 8.02. The lowest BCUT2D eigenvalue weighted by atomic mass is 9.89. The maximum Gasteiger partial charge on any atom is 0.394 e. The Hall–Kier alpha value is -1.51. The summed E-state index contributed by atoms with van der Waals surface area (Å²) in [5.74, 6) is -5.15. The van der Waals surface area contributed by atoms with E-state index in [-0.39, 0.29) is 5.54 Å². The van der Waals surface area contributed by atoms with Gasteiger partial charge >= 0.3 is 18.2 Å². The topological polar surface area (TPSA) is 72.9 Å². The highest BCUT2D eigenvalue weighted by Gasteiger charge is 2.53. The van der Waals surface area contributed by atoms with Crippen molar-refractivity contribution in [2.75, 3.05) is 33.7 Å². The van der Waals surface area contributed by atoms with Crippen molar-refractivity contribution in [1.29, 1.82) is 0 Å². The van der Waals surface area contributed by atoms with E-state index in [1.807, 2.05) is 14.1 Å². The van der Waals surface area contributed by atoms with E-state index in [4.69, 9.17) is 5.11 Å². The highest BCUT2D eigenvalue weighted by Crippen LogP contribution is 2.38. The first-order valence-electron chi connectivity index (χ1n) is 9.06. The molecule has 1 saturated carbocycles. The Bertz CT molecular complexity index is 517. The Morgan fingerprint density at radius 1 is 1.15 bits per heavy atom. The SMILES string of the molecule is CN(C)C1(CNC(=O)N2C[C@@H](C(F)(F)F)[C@H](C(=O)O)C2)CCCCCC1. The number of alkyl halides is 3. The Morgan fingerprint density at radius 3 is 2.15 bits per heavy atom. The smallest absolute Gasteiger partial charge is 0.394 e. The zero-order chi connectivity index (χ0) is 19.5. The lowest BCUT2D eigenvalue weighted by Crippen LogP contribution is -2.54. The third-order valence-corrected chi connectivity index (χ3v) is 5.90. The predicted molar refractivity (Wildman–Crippen MR) is 89.8 cm³/mol. The van der Waals surface area contributed by atoms with Gasteiger partial charge in [-0.1, -0.05) is 25.7 Å². The molecule has 0 spiro atoms. The van der Waals surface area contributed by atoms with Crippen LogP contribution in [0.5, 0.6) is 0 Å². The maximum atomic E-state index is 13.1. The van der Waals surface area contributed by atoms with E-state index in [9.17, 15) is 22.8 Å². The number of hydrogen-bond acceptors (Lipinski definition) is 3. The van der Waals surface area contributed by atoms with Crippen LogP contribution in [-0.4, -0.2) is 72.4 Å². The molecule has 0 radical (unpaired) electrons. The molecule has 0 bridgehead atoms. The number of nitrogens with one attached hydrogen (secondary N) is 1. The van der Waals surface area contributed by atoms with Crippen LogP contribution in [0.25, 0.3) is 0 Å². The number of nitrogens with zero attached hydrogens (tertiary/aromatic N) is 2. The van der Waals surface area contributed by atoms with Gasteiger partial charge < -0.3 is 20.2 Å². The van der Waals surface area contributed by atoms with E-state index in [1.54, 1.807) is 0 Å². The van der Waals surface area contributed by atoms with Crippen LogP contribution in [0.2, 0.25) is 0 Å². The molecule has 9 heteroatoms. The number of carbonyl (C=O) groups is 2. The molecular formula is C17H28F3N3O3. The highest BCUT2D eigenvalue weighted by atomic mass is 19.4. The first-order valence-corrected chi connectivity index (χ1v) is 9.06. The van der Waals surface area contributed by atoms with Crippen molar-refractivity contribution in [1.82, 2.24) is 15.1 Å². The number of rotatable bonds is 4. The Morgan fingerprint density at radius 2 is 1.73 bits per heavy atom. The molecule has 1 saturated heterocycles. The Labute approximate surface area is 151 Å². The van der Waals surface area contributed by atoms with E-state index < -0.39 is 43.1 Å². The van der Waals surface area contributed by atoms with Crippen LogP contribution in [0.4, 0.5) is 18.0 Å². The number of carboxylic acids is 1. The summed E-state index contributed by atoms with van der Waals surface area (Å²) in [6.45, 7) is -0.675. The summed E-state index contributed by atoms with van der Waals surface area (Å²) in [5.41, 5.74) is -0.207. The van der Waals surface area contributed by atoms with Crippen LogP contribution in [0.15, 0.2) is 0 Å². The van der Waals surface area contributed by atoms with Crippen molar-refractivity contribution in [2.45, 2.75) is 50.2 Å². The van der Waals surface area contributed by atoms with Gasteiger partial charge in [-0.05, 0) is 26.9 Å². The lowest BCUT2D eigenvalue weighted by Gasteiger charge is -2.40. The molecule has 26 heavy (non-hydrogen) atoms. The van der Waals surface area contributed by atoms with Crippen LogP contribution >= 0.6 is 0 Å². The summed E-state index contributed by atoms with van der Waals surface area (Å²) in [5, 5.41) is 11.8. The van der Waals surface area contributed by atoms with Gasteiger partial charge in [0.25, 0.3) is 0 Å². The second-order valence-corrected chi connectivity index (χ2v) is 7.69. The fourth-order valence-corrected chi connectivity index (χ4v) is 4.07. The number of carbonyl (C=O) groups excluding carboxylic acids is 1. The standard InChI is InChI=1S/C17H28F3N3O3/c1-22(2)16(7-5-3-4-6-8-16)11-21-15(26)23-9-12(14(24)25)13(10-23)17(18,19)20/h12-13H,3-11H2,1-2H3,(H,21,26)(H,24,25)/t12-,13-/m1/s1. The van der Waals surface area contributed by atoms with Gasteiger partial charge in [-0.2, -0.15) is 13.2 Å². The molecule has 2 aliphatic rings. The number of likely N-dealkylation sites (N-methyl/N-ethyl adjacent to an activating group) is 1. The van der Waals surface area contributed by atoms with Gasteiger partial charge in [0, 0.05) is 25.2 Å². The van der Waals surface area contributed by atoms with Gasteiger partial charge in [0.1, 0.15) is 0 Å². The summed E-state index contributed by atoms with van der Waals surface area (Å²) in [6.07, 6.45) is 1.59. The zero-order valence-corrected chi connectivity index (χ0v) is 15.3. The third-order valence-electron chi connectivity index (χ3n) is 5.90. The second-order valence-electron chi connectivity index (χ2n) is 7.69. The van der Waals surface area contributed by atoms with E-state index in [0.717, 1.165) is 43.4 Å². The largest absolute Gasteiger partial charge is 0.481 e. The molecule has 2 fully saturated rings. The van der Waals surface area contributed by atoms with Gasteiger partial charge in [-0.3, -0.25) is 4.79 Å². The van der Waals surface area contributed by atoms with E-state index in [1.165, 1.54) is 0 Å². The minimum atomic E-state index is -4.63. The number of amides is 2. The van der Waals surface area contributed by atoms with Crippen molar-refractivity contribution in [3.63, 3.8) is 0 Å². The number of hydrogen-bond donors (Lipinski definition) is 2. The van der Waals surface area contributed by atoms with Crippen molar-refractivity contribution in [2.24, 2.45) is 11.8 Å². The molecule has 2 amide bonds. The molecule has 6 nitrogen and oxygen atoms in total. The molecular weight excluding hydrogens is 351 g/mol. The summed E-state index contributed by atoms with van der Waals surface area (Å²) >= 11 is 0. The summed E-state index contributed by atoms with van der Waals surface area (Å²) in [6, 6.07) is -0.617. The lowest BCUT2D eigenvalue weighted by molar-refractivity contribution is -0.187. The minimum Gasteiger partial charge on any atom is -0.481 e. The average molecular weight is 379 g/mol. The van der Waals surface area contributed by atoms with Crippen molar-refractivity contribution in [3.8, 4) is 0 Å². The molecule has 0 unspecified atom stereocenters. The molecule has 150 valence electrons. The molecule has 2 atom stereocenters. The number of likely N-dealkylation sites (tertiary alicyclic amines) is 1. The molecule has 1 aliphatic heterocycles. The third kappa shape index (κ3) is 4.61. The van der Waals surface area contributed by atoms with Crippen LogP contribution in [0.3, 0.4) is 0 Å². The molecule has 0 aromatic heterocycles. The Kier molecular flexibility index (Phi) is 6.42. The van der Waals surface area contributed by atoms with E-state index in [0.29, 0.717) is 6.54 Å². The van der Waals surface area contributed by atoms with Gasteiger partial charge in [-0.25, -0.2) is 4.79 Å². The van der Waals surface area contributed by atoms with Gasteiger partial charge in [0.2, 0.25) is 0 Å². The fraction of sp³-hybridized carbons (Fsp3) is 0.882. The number of carboxylic acid groups (broad SMARTS) is 1. The van der Waals surface area contributed by atoms with E-state index >= 15 is 0 Å². The van der Waals surface area contributed by atoms with Gasteiger partial charge in [0.15, 0.2) is 0 Å². The van der Waals surface area contributed by atoms with Crippen molar-refractivity contribution < 1.29 is 27.9 Å². The quantitative estimate of drug-likeness (QED) is 0.737. The maximum absolute atomic E-state index is 13.1. The number of aliphatic carboxylic acids is 1. The van der Waals surface area contributed by atoms with Crippen LogP contribution < -0.4 is 5.32 Å². The monoisotopic (exact) mass is 379 g/mol. The molecule has 0 aromatic rings. The fourth-order valence-electron chi connectivity index (χ4n) is 4.07. The van der Waals surface area contributed by atoms with E-state index in [2.05, 4.69) is 10.2 Å². The Balaban J connectivity index is 2.01. The van der Waals surface area contributed by atoms with Crippen molar-refractivity contribution in [3.05, 3.63) is 0 Å². The van der Waals surface area contributed by atoms with Gasteiger partial charge in [0.05, 0.1) is 11.8 Å².